The summed E-state index contributed by atoms with van der Waals surface area (Å²) >= 11 is 5.99. The molecule has 0 bridgehead atoms. The molecule has 0 aliphatic heterocycles. The van der Waals surface area contributed by atoms with Crippen molar-refractivity contribution < 1.29 is 14.8 Å². The third-order valence-electron chi connectivity index (χ3n) is 3.48. The van der Waals surface area contributed by atoms with Crippen LogP contribution in [0.25, 0.3) is 0 Å². The van der Waals surface area contributed by atoms with E-state index in [2.05, 4.69) is 12.2 Å². The lowest BCUT2D eigenvalue weighted by atomic mass is 10.1. The smallest absolute Gasteiger partial charge is 0.279 e. The first-order valence-corrected chi connectivity index (χ1v) is 8.07. The van der Waals surface area contributed by atoms with Crippen LogP contribution < -0.4 is 15.4 Å². The molecule has 0 radical (unpaired) electrons. The van der Waals surface area contributed by atoms with Gasteiger partial charge in [-0.1, -0.05) is 23.7 Å². The highest BCUT2D eigenvalue weighted by molar-refractivity contribution is 6.30. The van der Waals surface area contributed by atoms with Crippen molar-refractivity contribution in [2.75, 3.05) is 18.5 Å². The molecule has 2 rings (SSSR count). The molecule has 0 heterocycles. The fourth-order valence-electron chi connectivity index (χ4n) is 2.22. The van der Waals surface area contributed by atoms with Crippen LogP contribution in [0.3, 0.4) is 0 Å². The van der Waals surface area contributed by atoms with Gasteiger partial charge in [-0.2, -0.15) is 0 Å². The van der Waals surface area contributed by atoms with Crippen LogP contribution in [0.5, 0.6) is 5.75 Å². The summed E-state index contributed by atoms with van der Waals surface area (Å²) in [5.41, 5.74) is 1.87. The highest BCUT2D eigenvalue weighted by Gasteiger charge is 2.12. The van der Waals surface area contributed by atoms with Crippen LogP contribution in [-0.2, 0) is 4.79 Å². The van der Waals surface area contributed by atoms with Crippen molar-refractivity contribution in [3.05, 3.63) is 59.1 Å². The number of nitrogens with one attached hydrogen (secondary N) is 1. The maximum Gasteiger partial charge on any atom is 0.279 e. The first-order valence-electron chi connectivity index (χ1n) is 7.70. The van der Waals surface area contributed by atoms with E-state index in [4.69, 9.17) is 16.3 Å². The first kappa shape index (κ1) is 17.3. The number of hydrogen-bond donors (Lipinski definition) is 2. The van der Waals surface area contributed by atoms with Crippen molar-refractivity contribution in [3.63, 3.8) is 0 Å². The van der Waals surface area contributed by atoms with Crippen molar-refractivity contribution in [1.29, 1.82) is 0 Å². The summed E-state index contributed by atoms with van der Waals surface area (Å²) in [6.45, 7) is 4.96. The molecule has 0 unspecified atom stereocenters. The lowest BCUT2D eigenvalue weighted by Crippen LogP contribution is -2.86. The highest BCUT2D eigenvalue weighted by Crippen LogP contribution is 2.16. The molecule has 0 aromatic heterocycles. The number of quaternary nitrogens is 1. The van der Waals surface area contributed by atoms with Gasteiger partial charge in [-0.25, -0.2) is 0 Å². The van der Waals surface area contributed by atoms with Gasteiger partial charge in [0.05, 0.1) is 6.61 Å². The maximum absolute atomic E-state index is 12.0. The van der Waals surface area contributed by atoms with Crippen LogP contribution in [0.2, 0.25) is 5.02 Å². The molecule has 3 N–H and O–H groups in total. The van der Waals surface area contributed by atoms with Crippen molar-refractivity contribution in [1.82, 2.24) is 0 Å². The van der Waals surface area contributed by atoms with Gasteiger partial charge in [0.15, 0.2) is 6.54 Å². The number of rotatable bonds is 7. The van der Waals surface area contributed by atoms with Crippen LogP contribution in [0.1, 0.15) is 25.5 Å². The minimum absolute atomic E-state index is 0.0389. The third-order valence-corrected chi connectivity index (χ3v) is 3.72. The lowest BCUT2D eigenvalue weighted by Gasteiger charge is -2.11. The molecule has 2 aromatic carbocycles. The molecule has 23 heavy (non-hydrogen) atoms. The quantitative estimate of drug-likeness (QED) is 0.818. The van der Waals surface area contributed by atoms with Gasteiger partial charge in [0.1, 0.15) is 11.8 Å². The SMILES string of the molecule is CCOc1ccc(NC(=O)C[NH2+][C@H](C)c2cccc(Cl)c2)cc1. The predicted molar refractivity (Wildman–Crippen MR) is 92.9 cm³/mol. The lowest BCUT2D eigenvalue weighted by molar-refractivity contribution is -0.682. The van der Waals surface area contributed by atoms with E-state index < -0.39 is 0 Å². The predicted octanol–water partition coefficient (Wildman–Crippen LogP) is 3.00. The summed E-state index contributed by atoms with van der Waals surface area (Å²) in [6, 6.07) is 15.2. The van der Waals surface area contributed by atoms with E-state index in [0.717, 1.165) is 17.0 Å². The van der Waals surface area contributed by atoms with Crippen molar-refractivity contribution in [2.24, 2.45) is 0 Å². The number of benzene rings is 2. The molecule has 0 fully saturated rings. The van der Waals surface area contributed by atoms with E-state index in [1.807, 2.05) is 60.8 Å². The Morgan fingerprint density at radius 2 is 2.00 bits per heavy atom. The zero-order chi connectivity index (χ0) is 16.7. The molecule has 2 aromatic rings. The molecular formula is C18H22ClN2O2+. The summed E-state index contributed by atoms with van der Waals surface area (Å²) in [7, 11) is 0. The number of ether oxygens (including phenoxy) is 1. The maximum atomic E-state index is 12.0. The van der Waals surface area contributed by atoms with Crippen molar-refractivity contribution >= 4 is 23.2 Å². The molecule has 1 amide bonds. The zero-order valence-electron chi connectivity index (χ0n) is 13.4. The Bertz CT molecular complexity index is 644. The second kappa shape index (κ2) is 8.56. The van der Waals surface area contributed by atoms with Gasteiger partial charge in [0.25, 0.3) is 5.91 Å². The number of carbonyl (C=O) groups excluding carboxylic acids is 1. The summed E-state index contributed by atoms with van der Waals surface area (Å²) in [5.74, 6) is 0.759. The normalized spacial score (nSPS) is 11.8. The van der Waals surface area contributed by atoms with Gasteiger partial charge in [0.2, 0.25) is 0 Å². The molecule has 1 atom stereocenters. The molecule has 122 valence electrons. The third kappa shape index (κ3) is 5.58. The van der Waals surface area contributed by atoms with E-state index in [1.165, 1.54) is 0 Å². The van der Waals surface area contributed by atoms with Gasteiger partial charge < -0.3 is 15.4 Å². The Morgan fingerprint density at radius 1 is 1.26 bits per heavy atom. The zero-order valence-corrected chi connectivity index (χ0v) is 14.1. The first-order chi connectivity index (χ1) is 11.1. The van der Waals surface area contributed by atoms with E-state index >= 15 is 0 Å². The standard InChI is InChI=1S/C18H21ClN2O2/c1-3-23-17-9-7-16(8-10-17)21-18(22)12-20-13(2)14-5-4-6-15(19)11-14/h4-11,13,20H,3,12H2,1-2H3,(H,21,22)/p+1/t13-/m1/s1. The number of carbonyl (C=O) groups is 1. The highest BCUT2D eigenvalue weighted by atomic mass is 35.5. The molecular weight excluding hydrogens is 312 g/mol. The summed E-state index contributed by atoms with van der Waals surface area (Å²) < 4.78 is 5.37. The minimum atomic E-state index is -0.0389. The van der Waals surface area contributed by atoms with Gasteiger partial charge in [-0.05, 0) is 50.2 Å². The molecule has 0 aliphatic rings. The van der Waals surface area contributed by atoms with Crippen LogP contribution in [0, 0.1) is 0 Å². The number of amides is 1. The molecule has 4 nitrogen and oxygen atoms in total. The largest absolute Gasteiger partial charge is 0.494 e. The average molecular weight is 334 g/mol. The van der Waals surface area contributed by atoms with Crippen LogP contribution in [-0.4, -0.2) is 19.1 Å². The fourth-order valence-corrected chi connectivity index (χ4v) is 2.42. The fraction of sp³-hybridized carbons (Fsp3) is 0.278. The Balaban J connectivity index is 1.82. The molecule has 0 aliphatic carbocycles. The van der Waals surface area contributed by atoms with Gasteiger partial charge in [0, 0.05) is 16.3 Å². The van der Waals surface area contributed by atoms with E-state index in [0.29, 0.717) is 18.2 Å². The number of anilines is 1. The average Bonchev–Trinajstić information content (AvgIpc) is 2.55. The second-order valence-electron chi connectivity index (χ2n) is 5.29. The Labute approximate surface area is 141 Å². The van der Waals surface area contributed by atoms with Crippen LogP contribution in [0.4, 0.5) is 5.69 Å². The number of halogens is 1. The topological polar surface area (TPSA) is 54.9 Å². The van der Waals surface area contributed by atoms with Gasteiger partial charge >= 0.3 is 0 Å². The van der Waals surface area contributed by atoms with E-state index in [-0.39, 0.29) is 11.9 Å². The molecule has 0 saturated heterocycles. The van der Waals surface area contributed by atoms with Crippen molar-refractivity contribution in [2.45, 2.75) is 19.9 Å². The summed E-state index contributed by atoms with van der Waals surface area (Å²) in [5, 5.41) is 5.57. The Morgan fingerprint density at radius 3 is 2.65 bits per heavy atom. The Hall–Kier alpha value is -2.04. The summed E-state index contributed by atoms with van der Waals surface area (Å²) in [4.78, 5) is 12.0. The molecule has 0 spiro atoms. The van der Waals surface area contributed by atoms with E-state index in [1.54, 1.807) is 0 Å². The van der Waals surface area contributed by atoms with Gasteiger partial charge in [-0.15, -0.1) is 0 Å². The Kier molecular flexibility index (Phi) is 6.44. The van der Waals surface area contributed by atoms with Crippen LogP contribution >= 0.6 is 11.6 Å². The van der Waals surface area contributed by atoms with Crippen molar-refractivity contribution in [3.8, 4) is 5.75 Å². The summed E-state index contributed by atoms with van der Waals surface area (Å²) in [6.07, 6.45) is 0. The van der Waals surface area contributed by atoms with Crippen LogP contribution in [0.15, 0.2) is 48.5 Å². The number of hydrogen-bond acceptors (Lipinski definition) is 2. The minimum Gasteiger partial charge on any atom is -0.494 e. The van der Waals surface area contributed by atoms with E-state index in [9.17, 15) is 4.79 Å². The number of nitrogens with two attached hydrogens (primary N) is 1. The molecule has 5 heteroatoms. The molecule has 0 saturated carbocycles. The van der Waals surface area contributed by atoms with Gasteiger partial charge in [-0.3, -0.25) is 4.79 Å². The second-order valence-corrected chi connectivity index (χ2v) is 5.73. The monoisotopic (exact) mass is 333 g/mol.